The van der Waals surface area contributed by atoms with Gasteiger partial charge < -0.3 is 14.8 Å². The van der Waals surface area contributed by atoms with Crippen molar-refractivity contribution in [2.75, 3.05) is 19.8 Å². The summed E-state index contributed by atoms with van der Waals surface area (Å²) in [6, 6.07) is 4.07. The second kappa shape index (κ2) is 5.43. The summed E-state index contributed by atoms with van der Waals surface area (Å²) in [6.07, 6.45) is -0.449. The fraction of sp³-hybridized carbons (Fsp3) is 0.545. The molecular formula is C11H15NO3S. The molecule has 5 heteroatoms. The van der Waals surface area contributed by atoms with E-state index in [2.05, 4.69) is 5.32 Å². The lowest BCUT2D eigenvalue weighted by Gasteiger charge is -2.21. The Balaban J connectivity index is 1.78. The summed E-state index contributed by atoms with van der Waals surface area (Å²) < 4.78 is 10.5. The van der Waals surface area contributed by atoms with Crippen LogP contribution in [-0.4, -0.2) is 31.8 Å². The molecular weight excluding hydrogens is 226 g/mol. The fourth-order valence-corrected chi connectivity index (χ4v) is 2.34. The summed E-state index contributed by atoms with van der Waals surface area (Å²) in [7, 11) is 0. The highest BCUT2D eigenvalue weighted by atomic mass is 32.1. The molecule has 0 bridgehead atoms. The maximum atomic E-state index is 11.7. The van der Waals surface area contributed by atoms with Gasteiger partial charge in [-0.05, 0) is 19.1 Å². The molecule has 0 aliphatic carbocycles. The van der Waals surface area contributed by atoms with Crippen molar-refractivity contribution >= 4 is 17.2 Å². The first kappa shape index (κ1) is 11.6. The largest absolute Gasteiger partial charge is 0.376 e. The smallest absolute Gasteiger partial charge is 0.251 e. The fourth-order valence-electron chi connectivity index (χ4n) is 1.51. The van der Waals surface area contributed by atoms with Crippen molar-refractivity contribution in [2.45, 2.75) is 19.6 Å². The molecule has 4 nitrogen and oxygen atoms in total. The highest BCUT2D eigenvalue weighted by Gasteiger charge is 2.22. The van der Waals surface area contributed by atoms with Gasteiger partial charge >= 0.3 is 0 Å². The predicted molar refractivity (Wildman–Crippen MR) is 61.5 cm³/mol. The molecule has 1 aromatic rings. The van der Waals surface area contributed by atoms with Gasteiger partial charge in [-0.25, -0.2) is 0 Å². The van der Waals surface area contributed by atoms with E-state index in [4.69, 9.17) is 9.47 Å². The minimum atomic E-state index is -0.449. The van der Waals surface area contributed by atoms with Crippen LogP contribution in [0.5, 0.6) is 0 Å². The maximum Gasteiger partial charge on any atom is 0.251 e. The average molecular weight is 241 g/mol. The van der Waals surface area contributed by atoms with Crippen molar-refractivity contribution in [2.24, 2.45) is 0 Å². The number of ether oxygens (including phenoxy) is 2. The lowest BCUT2D eigenvalue weighted by molar-refractivity contribution is -0.147. The number of amides is 1. The van der Waals surface area contributed by atoms with Crippen molar-refractivity contribution < 1.29 is 14.3 Å². The van der Waals surface area contributed by atoms with Crippen LogP contribution in [0.1, 0.15) is 9.75 Å². The quantitative estimate of drug-likeness (QED) is 0.861. The summed E-state index contributed by atoms with van der Waals surface area (Å²) in [5, 5.41) is 2.85. The van der Waals surface area contributed by atoms with Gasteiger partial charge in [0.25, 0.3) is 5.91 Å². The van der Waals surface area contributed by atoms with Gasteiger partial charge in [0.2, 0.25) is 0 Å². The second-order valence-corrected chi connectivity index (χ2v) is 5.04. The Labute approximate surface area is 98.6 Å². The summed E-state index contributed by atoms with van der Waals surface area (Å²) in [5.41, 5.74) is 0. The van der Waals surface area contributed by atoms with Crippen LogP contribution in [0.3, 0.4) is 0 Å². The lowest BCUT2D eigenvalue weighted by atomic mass is 10.3. The first-order valence-corrected chi connectivity index (χ1v) is 6.10. The number of thiophene rings is 1. The highest BCUT2D eigenvalue weighted by Crippen LogP contribution is 2.14. The number of aryl methyl sites for hydroxylation is 1. The molecule has 0 spiro atoms. The third-order valence-electron chi connectivity index (χ3n) is 2.34. The molecule has 1 N–H and O–H groups in total. The second-order valence-electron chi connectivity index (χ2n) is 3.66. The Morgan fingerprint density at radius 3 is 3.06 bits per heavy atom. The monoisotopic (exact) mass is 241 g/mol. The van der Waals surface area contributed by atoms with Crippen molar-refractivity contribution in [1.82, 2.24) is 5.32 Å². The lowest BCUT2D eigenvalue weighted by Crippen LogP contribution is -2.42. The number of hydrogen-bond acceptors (Lipinski definition) is 4. The normalized spacial score (nSPS) is 20.7. The van der Waals surface area contributed by atoms with Gasteiger partial charge in [-0.15, -0.1) is 11.3 Å². The van der Waals surface area contributed by atoms with E-state index < -0.39 is 6.10 Å². The number of hydrogen-bond donors (Lipinski definition) is 1. The molecule has 1 atom stereocenters. The molecule has 1 aliphatic heterocycles. The van der Waals surface area contributed by atoms with Crippen molar-refractivity contribution in [3.8, 4) is 0 Å². The van der Waals surface area contributed by atoms with Gasteiger partial charge in [-0.2, -0.15) is 0 Å². The van der Waals surface area contributed by atoms with Crippen LogP contribution in [0.4, 0.5) is 0 Å². The summed E-state index contributed by atoms with van der Waals surface area (Å²) >= 11 is 1.69. The van der Waals surface area contributed by atoms with Gasteiger partial charge in [0.05, 0.1) is 26.4 Å². The minimum absolute atomic E-state index is 0.0919. The standard InChI is InChI=1S/C11H15NO3S/c1-8-2-3-9(16-8)6-12-11(13)10-7-14-4-5-15-10/h2-3,10H,4-7H2,1H3,(H,12,13)/t10-/m1/s1. The topological polar surface area (TPSA) is 47.6 Å². The molecule has 1 fully saturated rings. The Morgan fingerprint density at radius 2 is 2.44 bits per heavy atom. The van der Waals surface area contributed by atoms with Crippen LogP contribution < -0.4 is 5.32 Å². The zero-order valence-corrected chi connectivity index (χ0v) is 10.0. The Morgan fingerprint density at radius 1 is 1.56 bits per heavy atom. The van der Waals surface area contributed by atoms with Gasteiger partial charge in [0.1, 0.15) is 0 Å². The zero-order valence-electron chi connectivity index (χ0n) is 9.19. The minimum Gasteiger partial charge on any atom is -0.376 e. The predicted octanol–water partition coefficient (Wildman–Crippen LogP) is 1.09. The molecule has 1 amide bonds. The number of carbonyl (C=O) groups excluding carboxylic acids is 1. The summed E-state index contributed by atoms with van der Waals surface area (Å²) in [6.45, 7) is 4.05. The SMILES string of the molecule is Cc1ccc(CNC(=O)[C@H]2COCCO2)s1. The molecule has 0 saturated carbocycles. The molecule has 16 heavy (non-hydrogen) atoms. The molecule has 0 radical (unpaired) electrons. The van der Waals surface area contributed by atoms with E-state index in [0.29, 0.717) is 26.4 Å². The van der Waals surface area contributed by atoms with Gasteiger partial charge in [-0.3, -0.25) is 4.79 Å². The Bertz CT molecular complexity index is 358. The van der Waals surface area contributed by atoms with Crippen molar-refractivity contribution in [3.05, 3.63) is 21.9 Å². The molecule has 0 unspecified atom stereocenters. The maximum absolute atomic E-state index is 11.7. The van der Waals surface area contributed by atoms with E-state index in [0.717, 1.165) is 4.88 Å². The Kier molecular flexibility index (Phi) is 3.93. The third kappa shape index (κ3) is 3.04. The zero-order chi connectivity index (χ0) is 11.4. The van der Waals surface area contributed by atoms with E-state index in [1.54, 1.807) is 11.3 Å². The van der Waals surface area contributed by atoms with E-state index in [-0.39, 0.29) is 5.91 Å². The van der Waals surface area contributed by atoms with Crippen LogP contribution in [0.15, 0.2) is 12.1 Å². The molecule has 88 valence electrons. The number of rotatable bonds is 3. The molecule has 1 aromatic heterocycles. The van der Waals surface area contributed by atoms with Crippen LogP contribution in [0, 0.1) is 6.92 Å². The van der Waals surface area contributed by atoms with Gasteiger partial charge in [-0.1, -0.05) is 0 Å². The van der Waals surface area contributed by atoms with Crippen molar-refractivity contribution in [3.63, 3.8) is 0 Å². The van der Waals surface area contributed by atoms with E-state index in [9.17, 15) is 4.79 Å². The molecule has 1 saturated heterocycles. The van der Waals surface area contributed by atoms with Crippen LogP contribution in [0.2, 0.25) is 0 Å². The first-order chi connectivity index (χ1) is 7.75. The first-order valence-electron chi connectivity index (χ1n) is 5.28. The molecule has 1 aliphatic rings. The van der Waals surface area contributed by atoms with Crippen molar-refractivity contribution in [1.29, 1.82) is 0 Å². The van der Waals surface area contributed by atoms with Gasteiger partial charge in [0.15, 0.2) is 6.10 Å². The summed E-state index contributed by atoms with van der Waals surface area (Å²) in [5.74, 6) is -0.0919. The van der Waals surface area contributed by atoms with Crippen LogP contribution in [-0.2, 0) is 20.8 Å². The average Bonchev–Trinajstić information content (AvgIpc) is 2.73. The molecule has 0 aromatic carbocycles. The van der Waals surface area contributed by atoms with Crippen LogP contribution in [0.25, 0.3) is 0 Å². The number of carbonyl (C=O) groups is 1. The van der Waals surface area contributed by atoms with E-state index in [1.165, 1.54) is 4.88 Å². The third-order valence-corrected chi connectivity index (χ3v) is 3.34. The number of nitrogens with one attached hydrogen (secondary N) is 1. The van der Waals surface area contributed by atoms with E-state index in [1.807, 2.05) is 19.1 Å². The Hall–Kier alpha value is -0.910. The molecule has 2 heterocycles. The van der Waals surface area contributed by atoms with Gasteiger partial charge in [0, 0.05) is 9.75 Å². The highest BCUT2D eigenvalue weighted by molar-refractivity contribution is 7.11. The van der Waals surface area contributed by atoms with E-state index >= 15 is 0 Å². The van der Waals surface area contributed by atoms with Crippen LogP contribution >= 0.6 is 11.3 Å². The summed E-state index contributed by atoms with van der Waals surface area (Å²) in [4.78, 5) is 14.1. The molecule has 2 rings (SSSR count).